The lowest BCUT2D eigenvalue weighted by molar-refractivity contribution is 0.232. The number of aliphatic hydroxyl groups is 1. The zero-order valence-electron chi connectivity index (χ0n) is 10.6. The molecular formula is C14H22N2O. The highest BCUT2D eigenvalue weighted by Crippen LogP contribution is 2.19. The first kappa shape index (κ1) is 12.6. The number of nitrogens with one attached hydrogen (secondary N) is 1. The highest BCUT2D eigenvalue weighted by atomic mass is 16.3. The zero-order chi connectivity index (χ0) is 12.3. The molecule has 3 nitrogen and oxygen atoms in total. The van der Waals surface area contributed by atoms with Crippen LogP contribution in [-0.4, -0.2) is 42.3 Å². The summed E-state index contributed by atoms with van der Waals surface area (Å²) >= 11 is 0. The van der Waals surface area contributed by atoms with Crippen molar-refractivity contribution in [2.45, 2.75) is 31.5 Å². The lowest BCUT2D eigenvalue weighted by Crippen LogP contribution is -2.36. The van der Waals surface area contributed by atoms with E-state index in [1.807, 2.05) is 18.2 Å². The Morgan fingerprint density at radius 1 is 1.41 bits per heavy atom. The Balaban J connectivity index is 1.97. The van der Waals surface area contributed by atoms with Crippen LogP contribution in [0.4, 0.5) is 0 Å². The predicted molar refractivity (Wildman–Crippen MR) is 69.9 cm³/mol. The first-order valence-corrected chi connectivity index (χ1v) is 6.32. The maximum Gasteiger partial charge on any atom is 0.0626 e. The van der Waals surface area contributed by atoms with Crippen LogP contribution in [0.1, 0.15) is 24.9 Å². The monoisotopic (exact) mass is 234 g/mol. The molecular weight excluding hydrogens is 212 g/mol. The molecule has 1 heterocycles. The second-order valence-electron chi connectivity index (χ2n) is 5.03. The second-order valence-corrected chi connectivity index (χ2v) is 5.03. The third-order valence-corrected chi connectivity index (χ3v) is 3.71. The molecule has 1 saturated heterocycles. The SMILES string of the molecule is CC1CC(N[C@@H](CO)c2ccccc2)CN1C. The van der Waals surface area contributed by atoms with Crippen LogP contribution in [0.5, 0.6) is 0 Å². The summed E-state index contributed by atoms with van der Waals surface area (Å²) in [7, 11) is 2.16. The Morgan fingerprint density at radius 2 is 2.12 bits per heavy atom. The van der Waals surface area contributed by atoms with Crippen LogP contribution in [0.3, 0.4) is 0 Å². The van der Waals surface area contributed by atoms with Crippen LogP contribution < -0.4 is 5.32 Å². The molecule has 0 bridgehead atoms. The van der Waals surface area contributed by atoms with Crippen LogP contribution in [-0.2, 0) is 0 Å². The van der Waals surface area contributed by atoms with Gasteiger partial charge < -0.3 is 15.3 Å². The van der Waals surface area contributed by atoms with E-state index in [1.54, 1.807) is 0 Å². The van der Waals surface area contributed by atoms with Crippen molar-refractivity contribution in [3.05, 3.63) is 35.9 Å². The van der Waals surface area contributed by atoms with Crippen molar-refractivity contribution >= 4 is 0 Å². The third-order valence-electron chi connectivity index (χ3n) is 3.71. The number of rotatable bonds is 4. The molecule has 94 valence electrons. The average molecular weight is 234 g/mol. The molecule has 17 heavy (non-hydrogen) atoms. The van der Waals surface area contributed by atoms with Gasteiger partial charge in [0.15, 0.2) is 0 Å². The Hall–Kier alpha value is -0.900. The van der Waals surface area contributed by atoms with E-state index in [2.05, 4.69) is 36.3 Å². The van der Waals surface area contributed by atoms with Gasteiger partial charge >= 0.3 is 0 Å². The summed E-state index contributed by atoms with van der Waals surface area (Å²) in [5.74, 6) is 0. The standard InChI is InChI=1S/C14H22N2O/c1-11-8-13(9-16(11)2)15-14(10-17)12-6-4-3-5-7-12/h3-7,11,13-15,17H,8-10H2,1-2H3/t11?,13?,14-/m0/s1. The highest BCUT2D eigenvalue weighted by Gasteiger charge is 2.27. The minimum Gasteiger partial charge on any atom is -0.394 e. The summed E-state index contributed by atoms with van der Waals surface area (Å²) in [6, 6.07) is 11.3. The molecule has 3 heteroatoms. The predicted octanol–water partition coefficient (Wildman–Crippen LogP) is 1.40. The Kier molecular flexibility index (Phi) is 4.15. The molecule has 3 atom stereocenters. The molecule has 1 aliphatic rings. The second kappa shape index (κ2) is 5.63. The van der Waals surface area contributed by atoms with Gasteiger partial charge in [0.25, 0.3) is 0 Å². The topological polar surface area (TPSA) is 35.5 Å². The summed E-state index contributed by atoms with van der Waals surface area (Å²) in [6.45, 7) is 3.46. The lowest BCUT2D eigenvalue weighted by Gasteiger charge is -2.21. The van der Waals surface area contributed by atoms with Gasteiger partial charge in [0.05, 0.1) is 12.6 Å². The van der Waals surface area contributed by atoms with Gasteiger partial charge in [-0.05, 0) is 26.0 Å². The molecule has 1 fully saturated rings. The first-order valence-electron chi connectivity index (χ1n) is 6.32. The van der Waals surface area contributed by atoms with Crippen LogP contribution in [0.25, 0.3) is 0 Å². The molecule has 2 rings (SSSR count). The molecule has 0 radical (unpaired) electrons. The zero-order valence-corrected chi connectivity index (χ0v) is 10.6. The minimum absolute atomic E-state index is 0.0555. The van der Waals surface area contributed by atoms with E-state index < -0.39 is 0 Å². The van der Waals surface area contributed by atoms with Gasteiger partial charge in [0, 0.05) is 18.6 Å². The van der Waals surface area contributed by atoms with Gasteiger partial charge in [-0.3, -0.25) is 0 Å². The van der Waals surface area contributed by atoms with Crippen molar-refractivity contribution in [1.29, 1.82) is 0 Å². The molecule has 0 saturated carbocycles. The maximum atomic E-state index is 9.50. The van der Waals surface area contributed by atoms with E-state index in [4.69, 9.17) is 0 Å². The molecule has 1 aromatic carbocycles. The van der Waals surface area contributed by atoms with Gasteiger partial charge in [-0.2, -0.15) is 0 Å². The quantitative estimate of drug-likeness (QED) is 0.826. The molecule has 0 spiro atoms. The molecule has 1 aliphatic heterocycles. The highest BCUT2D eigenvalue weighted by molar-refractivity contribution is 5.19. The van der Waals surface area contributed by atoms with Crippen molar-refractivity contribution in [2.24, 2.45) is 0 Å². The summed E-state index contributed by atoms with van der Waals surface area (Å²) in [6.07, 6.45) is 1.15. The van der Waals surface area contributed by atoms with Crippen molar-refractivity contribution in [1.82, 2.24) is 10.2 Å². The molecule has 2 N–H and O–H groups in total. The number of likely N-dealkylation sites (N-methyl/N-ethyl adjacent to an activating group) is 1. The van der Waals surface area contributed by atoms with Crippen molar-refractivity contribution < 1.29 is 5.11 Å². The van der Waals surface area contributed by atoms with E-state index in [0.717, 1.165) is 18.5 Å². The van der Waals surface area contributed by atoms with E-state index in [9.17, 15) is 5.11 Å². The van der Waals surface area contributed by atoms with E-state index in [1.165, 1.54) is 0 Å². The van der Waals surface area contributed by atoms with Crippen LogP contribution in [0.15, 0.2) is 30.3 Å². The third kappa shape index (κ3) is 3.06. The van der Waals surface area contributed by atoms with E-state index >= 15 is 0 Å². The van der Waals surface area contributed by atoms with Crippen molar-refractivity contribution in [3.63, 3.8) is 0 Å². The van der Waals surface area contributed by atoms with Gasteiger partial charge in [-0.15, -0.1) is 0 Å². The fourth-order valence-corrected chi connectivity index (χ4v) is 2.54. The van der Waals surface area contributed by atoms with Crippen molar-refractivity contribution in [3.8, 4) is 0 Å². The minimum atomic E-state index is 0.0555. The Morgan fingerprint density at radius 3 is 2.65 bits per heavy atom. The number of hydrogen-bond acceptors (Lipinski definition) is 3. The number of likely N-dealkylation sites (tertiary alicyclic amines) is 1. The van der Waals surface area contributed by atoms with Crippen LogP contribution in [0.2, 0.25) is 0 Å². The van der Waals surface area contributed by atoms with Gasteiger partial charge in [0.1, 0.15) is 0 Å². The Bertz CT molecular complexity index is 331. The largest absolute Gasteiger partial charge is 0.394 e. The van der Waals surface area contributed by atoms with Gasteiger partial charge in [0.2, 0.25) is 0 Å². The summed E-state index contributed by atoms with van der Waals surface area (Å²) in [5, 5.41) is 13.0. The normalized spacial score (nSPS) is 27.2. The van der Waals surface area contributed by atoms with Crippen molar-refractivity contribution in [2.75, 3.05) is 20.2 Å². The lowest BCUT2D eigenvalue weighted by atomic mass is 10.1. The fourth-order valence-electron chi connectivity index (χ4n) is 2.54. The molecule has 0 aromatic heterocycles. The van der Waals surface area contributed by atoms with E-state index in [-0.39, 0.29) is 12.6 Å². The number of nitrogens with zero attached hydrogens (tertiary/aromatic N) is 1. The number of hydrogen-bond donors (Lipinski definition) is 2. The van der Waals surface area contributed by atoms with Crippen LogP contribution in [0, 0.1) is 0 Å². The number of benzene rings is 1. The van der Waals surface area contributed by atoms with E-state index in [0.29, 0.717) is 12.1 Å². The smallest absolute Gasteiger partial charge is 0.0626 e. The van der Waals surface area contributed by atoms with Crippen LogP contribution >= 0.6 is 0 Å². The van der Waals surface area contributed by atoms with Gasteiger partial charge in [-0.25, -0.2) is 0 Å². The summed E-state index contributed by atoms with van der Waals surface area (Å²) in [4.78, 5) is 2.36. The fraction of sp³-hybridized carbons (Fsp3) is 0.571. The van der Waals surface area contributed by atoms with Gasteiger partial charge in [-0.1, -0.05) is 30.3 Å². The molecule has 0 amide bonds. The Labute approximate surface area is 103 Å². The maximum absolute atomic E-state index is 9.50. The first-order chi connectivity index (χ1) is 8.20. The molecule has 1 aromatic rings. The molecule has 0 aliphatic carbocycles. The number of aliphatic hydroxyl groups excluding tert-OH is 1. The summed E-state index contributed by atoms with van der Waals surface area (Å²) in [5.41, 5.74) is 1.16. The molecule has 2 unspecified atom stereocenters. The average Bonchev–Trinajstić information content (AvgIpc) is 2.67. The summed E-state index contributed by atoms with van der Waals surface area (Å²) < 4.78 is 0.